The second-order valence-electron chi connectivity index (χ2n) is 6.64. The Morgan fingerprint density at radius 2 is 1.72 bits per heavy atom. The molecule has 2 fully saturated rings. The van der Waals surface area contributed by atoms with Crippen molar-refractivity contribution in [2.75, 3.05) is 0 Å². The first-order valence-corrected chi connectivity index (χ1v) is 6.75. The van der Waals surface area contributed by atoms with Gasteiger partial charge >= 0.3 is 6.09 Å². The van der Waals surface area contributed by atoms with Crippen molar-refractivity contribution >= 4 is 22.9 Å². The van der Waals surface area contributed by atoms with Gasteiger partial charge in [0, 0.05) is 11.0 Å². The zero-order valence-corrected chi connectivity index (χ0v) is 11.9. The van der Waals surface area contributed by atoms with E-state index in [1.54, 1.807) is 0 Å². The first-order valence-electron chi connectivity index (χ1n) is 6.38. The molecule has 2 aliphatic rings. The lowest BCUT2D eigenvalue weighted by atomic mass is 9.85. The summed E-state index contributed by atoms with van der Waals surface area (Å²) >= 11 is 5.69. The van der Waals surface area contributed by atoms with Gasteiger partial charge in [0.2, 0.25) is 5.24 Å². The van der Waals surface area contributed by atoms with Crippen LogP contribution in [0.3, 0.4) is 0 Å². The summed E-state index contributed by atoms with van der Waals surface area (Å²) in [4.78, 5) is 23.3. The van der Waals surface area contributed by atoms with Crippen LogP contribution in [-0.2, 0) is 9.53 Å². The van der Waals surface area contributed by atoms with Crippen LogP contribution in [0.15, 0.2) is 0 Å². The Hall–Kier alpha value is -0.770. The second kappa shape index (κ2) is 4.12. The Kier molecular flexibility index (Phi) is 3.13. The minimum absolute atomic E-state index is 0.257. The van der Waals surface area contributed by atoms with Crippen LogP contribution in [0.25, 0.3) is 0 Å². The van der Waals surface area contributed by atoms with Gasteiger partial charge in [0.15, 0.2) is 0 Å². The number of hydrogen-bond donors (Lipinski definition) is 1. The van der Waals surface area contributed by atoms with Crippen LogP contribution in [0, 0.1) is 5.41 Å². The van der Waals surface area contributed by atoms with E-state index >= 15 is 0 Å². The van der Waals surface area contributed by atoms with E-state index in [0.717, 1.165) is 25.7 Å². The average Bonchev–Trinajstić information content (AvgIpc) is 2.70. The molecule has 18 heavy (non-hydrogen) atoms. The van der Waals surface area contributed by atoms with Crippen LogP contribution >= 0.6 is 11.6 Å². The van der Waals surface area contributed by atoms with E-state index in [-0.39, 0.29) is 10.8 Å². The molecule has 0 radical (unpaired) electrons. The number of halogens is 1. The molecule has 102 valence electrons. The monoisotopic (exact) mass is 273 g/mol. The Morgan fingerprint density at radius 1 is 1.17 bits per heavy atom. The van der Waals surface area contributed by atoms with Crippen LogP contribution in [0.4, 0.5) is 4.79 Å². The molecule has 0 spiro atoms. The van der Waals surface area contributed by atoms with Gasteiger partial charge in [-0.3, -0.25) is 4.79 Å². The standard InChI is InChI=1S/C13H20ClNO3/c1-11(2,3)18-10(17)15-13-6-4-12(8-13,5-7-13)9(14)16/h4-8H2,1-3H3,(H,15,17). The molecule has 0 aromatic carbocycles. The molecule has 0 saturated heterocycles. The minimum Gasteiger partial charge on any atom is -0.444 e. The van der Waals surface area contributed by atoms with Gasteiger partial charge in [-0.15, -0.1) is 0 Å². The van der Waals surface area contributed by atoms with Crippen molar-refractivity contribution < 1.29 is 14.3 Å². The maximum absolute atomic E-state index is 11.8. The lowest BCUT2D eigenvalue weighted by Gasteiger charge is -2.29. The fraction of sp³-hybridized carbons (Fsp3) is 0.846. The number of amides is 1. The SMILES string of the molecule is CC(C)(C)OC(=O)NC12CCC(C(=O)Cl)(CC1)C2. The smallest absolute Gasteiger partial charge is 0.408 e. The van der Waals surface area contributed by atoms with E-state index in [1.807, 2.05) is 20.8 Å². The number of fused-ring (bicyclic) bond motifs is 2. The highest BCUT2D eigenvalue weighted by Crippen LogP contribution is 2.57. The third-order valence-electron chi connectivity index (χ3n) is 4.02. The van der Waals surface area contributed by atoms with Crippen molar-refractivity contribution in [2.45, 2.75) is 64.0 Å². The summed E-state index contributed by atoms with van der Waals surface area (Å²) in [6.07, 6.45) is 3.41. The van der Waals surface area contributed by atoms with Crippen molar-refractivity contribution in [3.8, 4) is 0 Å². The molecule has 0 aromatic heterocycles. The molecule has 2 aliphatic carbocycles. The molecule has 2 rings (SSSR count). The lowest BCUT2D eigenvalue weighted by molar-refractivity contribution is -0.120. The largest absolute Gasteiger partial charge is 0.444 e. The van der Waals surface area contributed by atoms with Gasteiger partial charge in [-0.25, -0.2) is 4.79 Å². The van der Waals surface area contributed by atoms with Crippen LogP contribution < -0.4 is 5.32 Å². The number of alkyl carbamates (subject to hydrolysis) is 1. The molecule has 0 unspecified atom stereocenters. The van der Waals surface area contributed by atoms with E-state index in [0.29, 0.717) is 6.42 Å². The molecule has 5 heteroatoms. The van der Waals surface area contributed by atoms with E-state index in [9.17, 15) is 9.59 Å². The molecule has 0 aromatic rings. The lowest BCUT2D eigenvalue weighted by Crippen LogP contribution is -2.47. The van der Waals surface area contributed by atoms with Crippen LogP contribution in [-0.4, -0.2) is 22.5 Å². The molecular formula is C13H20ClNO3. The van der Waals surface area contributed by atoms with Gasteiger partial charge < -0.3 is 10.1 Å². The Morgan fingerprint density at radius 3 is 2.11 bits per heavy atom. The van der Waals surface area contributed by atoms with Crippen molar-refractivity contribution in [3.05, 3.63) is 0 Å². The van der Waals surface area contributed by atoms with Crippen molar-refractivity contribution in [3.63, 3.8) is 0 Å². The van der Waals surface area contributed by atoms with E-state index in [4.69, 9.17) is 16.3 Å². The summed E-state index contributed by atoms with van der Waals surface area (Å²) in [5.74, 6) is 0. The molecule has 1 N–H and O–H groups in total. The van der Waals surface area contributed by atoms with E-state index < -0.39 is 17.1 Å². The van der Waals surface area contributed by atoms with E-state index in [1.165, 1.54) is 0 Å². The Labute approximate surface area is 112 Å². The summed E-state index contributed by atoms with van der Waals surface area (Å²) in [6, 6.07) is 0. The summed E-state index contributed by atoms with van der Waals surface area (Å²) < 4.78 is 5.27. The summed E-state index contributed by atoms with van der Waals surface area (Å²) in [5.41, 5.74) is -1.19. The molecule has 0 heterocycles. The normalized spacial score (nSPS) is 34.4. The maximum Gasteiger partial charge on any atom is 0.408 e. The predicted molar refractivity (Wildman–Crippen MR) is 68.5 cm³/mol. The third kappa shape index (κ3) is 2.48. The van der Waals surface area contributed by atoms with Gasteiger partial charge in [-0.1, -0.05) is 0 Å². The van der Waals surface area contributed by atoms with Crippen molar-refractivity contribution in [1.29, 1.82) is 0 Å². The third-order valence-corrected chi connectivity index (χ3v) is 4.42. The van der Waals surface area contributed by atoms with Gasteiger partial charge in [0.25, 0.3) is 0 Å². The van der Waals surface area contributed by atoms with Gasteiger partial charge in [0.05, 0.1) is 0 Å². The predicted octanol–water partition coefficient (Wildman–Crippen LogP) is 2.98. The fourth-order valence-electron chi connectivity index (χ4n) is 3.16. The molecule has 0 aliphatic heterocycles. The van der Waals surface area contributed by atoms with Gasteiger partial charge in [0.1, 0.15) is 5.60 Å². The number of rotatable bonds is 2. The molecule has 4 nitrogen and oxygen atoms in total. The first-order chi connectivity index (χ1) is 8.17. The van der Waals surface area contributed by atoms with Crippen LogP contribution in [0.1, 0.15) is 52.9 Å². The summed E-state index contributed by atoms with van der Waals surface area (Å²) in [7, 11) is 0. The highest BCUT2D eigenvalue weighted by atomic mass is 35.5. The highest BCUT2D eigenvalue weighted by molar-refractivity contribution is 6.64. The quantitative estimate of drug-likeness (QED) is 0.787. The number of nitrogens with one attached hydrogen (secondary N) is 1. The first kappa shape index (κ1) is 13.7. The molecule has 2 bridgehead atoms. The van der Waals surface area contributed by atoms with E-state index in [2.05, 4.69) is 5.32 Å². The molecule has 1 amide bonds. The molecule has 2 saturated carbocycles. The van der Waals surface area contributed by atoms with Gasteiger partial charge in [-0.05, 0) is 64.5 Å². The summed E-state index contributed by atoms with van der Waals surface area (Å²) in [5, 5.41) is 2.69. The van der Waals surface area contributed by atoms with Crippen molar-refractivity contribution in [2.24, 2.45) is 5.41 Å². The Bertz CT molecular complexity index is 378. The average molecular weight is 274 g/mol. The zero-order chi connectivity index (χ0) is 13.6. The number of hydrogen-bond acceptors (Lipinski definition) is 3. The highest BCUT2D eigenvalue weighted by Gasteiger charge is 2.58. The number of ether oxygens (including phenoxy) is 1. The molecule has 0 atom stereocenters. The van der Waals surface area contributed by atoms with Crippen LogP contribution in [0.2, 0.25) is 0 Å². The zero-order valence-electron chi connectivity index (χ0n) is 11.1. The Balaban J connectivity index is 2.00. The topological polar surface area (TPSA) is 55.4 Å². The fourth-order valence-corrected chi connectivity index (χ4v) is 3.42. The van der Waals surface area contributed by atoms with Gasteiger partial charge in [-0.2, -0.15) is 0 Å². The maximum atomic E-state index is 11.8. The number of carbonyl (C=O) groups is 2. The van der Waals surface area contributed by atoms with Crippen LogP contribution in [0.5, 0.6) is 0 Å². The number of carbonyl (C=O) groups excluding carboxylic acids is 2. The minimum atomic E-state index is -0.503. The van der Waals surface area contributed by atoms with Crippen molar-refractivity contribution in [1.82, 2.24) is 5.32 Å². The summed E-state index contributed by atoms with van der Waals surface area (Å²) in [6.45, 7) is 5.50. The molecular weight excluding hydrogens is 254 g/mol. The second-order valence-corrected chi connectivity index (χ2v) is 6.98.